The number of nitrogens with zero attached hydrogens (tertiary/aromatic N) is 1. The van der Waals surface area contributed by atoms with Gasteiger partial charge in [-0.3, -0.25) is 10.2 Å². The molecule has 3 N–H and O–H groups in total. The van der Waals surface area contributed by atoms with Gasteiger partial charge in [-0.15, -0.1) is 11.3 Å². The molecule has 0 saturated carbocycles. The highest BCUT2D eigenvalue weighted by molar-refractivity contribution is 7.13. The molecule has 1 aromatic heterocycles. The highest BCUT2D eigenvalue weighted by Gasteiger charge is 2.15. The number of aryl methyl sites for hydroxylation is 1. The Kier molecular flexibility index (Phi) is 5.09. The second kappa shape index (κ2) is 7.02. The maximum atomic E-state index is 11.6. The second-order valence-corrected chi connectivity index (χ2v) is 5.21. The average molecular weight is 291 g/mol. The van der Waals surface area contributed by atoms with E-state index >= 15 is 0 Å². The van der Waals surface area contributed by atoms with Crippen molar-refractivity contribution in [1.29, 1.82) is 0 Å². The van der Waals surface area contributed by atoms with Crippen molar-refractivity contribution in [2.75, 3.05) is 6.61 Å². The number of benzene rings is 1. The van der Waals surface area contributed by atoms with Crippen molar-refractivity contribution in [2.45, 2.75) is 19.8 Å². The summed E-state index contributed by atoms with van der Waals surface area (Å²) in [5.74, 6) is 5.72. The van der Waals surface area contributed by atoms with Gasteiger partial charge < -0.3 is 4.74 Å². The Balaban J connectivity index is 1.96. The fourth-order valence-electron chi connectivity index (χ4n) is 1.76. The number of aromatic nitrogens is 1. The summed E-state index contributed by atoms with van der Waals surface area (Å²) in [6.07, 6.45) is 1.38. The molecule has 2 aromatic rings. The second-order valence-electron chi connectivity index (χ2n) is 4.12. The lowest BCUT2D eigenvalue weighted by Gasteiger charge is -2.03. The van der Waals surface area contributed by atoms with Crippen LogP contribution in [0.2, 0.25) is 0 Å². The van der Waals surface area contributed by atoms with E-state index in [0.29, 0.717) is 24.3 Å². The molecule has 0 saturated heterocycles. The first-order valence-corrected chi connectivity index (χ1v) is 7.23. The summed E-state index contributed by atoms with van der Waals surface area (Å²) in [6, 6.07) is 9.62. The number of carbonyl (C=O) groups is 1. The van der Waals surface area contributed by atoms with E-state index in [9.17, 15) is 4.79 Å². The van der Waals surface area contributed by atoms with Crippen LogP contribution >= 0.6 is 11.3 Å². The van der Waals surface area contributed by atoms with E-state index in [1.165, 1.54) is 11.3 Å². The highest BCUT2D eigenvalue weighted by Crippen LogP contribution is 2.20. The Morgan fingerprint density at radius 2 is 2.15 bits per heavy atom. The Morgan fingerprint density at radius 3 is 2.80 bits per heavy atom. The van der Waals surface area contributed by atoms with Gasteiger partial charge in [0.1, 0.15) is 10.6 Å². The maximum absolute atomic E-state index is 11.6. The standard InChI is InChI=1S/C14H17N3O2S/c1-2-11-13(14(18)17-15)20-12(16-11)8-9-19-10-6-4-3-5-7-10/h3-7H,2,8-9,15H2,1H3,(H,17,18). The van der Waals surface area contributed by atoms with Gasteiger partial charge in [0.2, 0.25) is 0 Å². The van der Waals surface area contributed by atoms with Crippen LogP contribution in [0.25, 0.3) is 0 Å². The summed E-state index contributed by atoms with van der Waals surface area (Å²) in [6.45, 7) is 2.50. The molecule has 1 amide bonds. The van der Waals surface area contributed by atoms with E-state index in [4.69, 9.17) is 10.6 Å². The van der Waals surface area contributed by atoms with Crippen LogP contribution in [0.4, 0.5) is 0 Å². The zero-order valence-corrected chi connectivity index (χ0v) is 12.1. The molecule has 2 rings (SSSR count). The Morgan fingerprint density at radius 1 is 1.40 bits per heavy atom. The van der Waals surface area contributed by atoms with Crippen molar-refractivity contribution in [3.8, 4) is 5.75 Å². The molecule has 106 valence electrons. The van der Waals surface area contributed by atoms with Crippen LogP contribution in [-0.4, -0.2) is 17.5 Å². The topological polar surface area (TPSA) is 77.2 Å². The average Bonchev–Trinajstić information content (AvgIpc) is 2.91. The Bertz CT molecular complexity index is 569. The molecule has 5 nitrogen and oxygen atoms in total. The van der Waals surface area contributed by atoms with Crippen molar-refractivity contribution in [2.24, 2.45) is 5.84 Å². The molecule has 1 aromatic carbocycles. The third-order valence-electron chi connectivity index (χ3n) is 2.74. The summed E-state index contributed by atoms with van der Waals surface area (Å²) in [5, 5.41) is 0.886. The van der Waals surface area contributed by atoms with Crippen LogP contribution in [0, 0.1) is 0 Å². The number of nitrogen functional groups attached to an aromatic ring is 1. The minimum atomic E-state index is -0.283. The fourth-order valence-corrected chi connectivity index (χ4v) is 2.80. The van der Waals surface area contributed by atoms with Crippen LogP contribution in [0.1, 0.15) is 27.3 Å². The van der Waals surface area contributed by atoms with Gasteiger partial charge in [-0.1, -0.05) is 25.1 Å². The molecule has 0 atom stereocenters. The van der Waals surface area contributed by atoms with Crippen LogP contribution in [0.15, 0.2) is 30.3 Å². The van der Waals surface area contributed by atoms with Gasteiger partial charge in [0.25, 0.3) is 5.91 Å². The summed E-state index contributed by atoms with van der Waals surface area (Å²) in [4.78, 5) is 16.6. The molecule has 1 heterocycles. The minimum absolute atomic E-state index is 0.283. The lowest BCUT2D eigenvalue weighted by atomic mass is 10.3. The summed E-state index contributed by atoms with van der Waals surface area (Å²) in [7, 11) is 0. The van der Waals surface area contributed by atoms with E-state index in [2.05, 4.69) is 10.4 Å². The number of ether oxygens (including phenoxy) is 1. The van der Waals surface area contributed by atoms with Crippen LogP contribution in [0.5, 0.6) is 5.75 Å². The Hall–Kier alpha value is -1.92. The summed E-state index contributed by atoms with van der Waals surface area (Å²) >= 11 is 1.37. The zero-order valence-electron chi connectivity index (χ0n) is 11.3. The quantitative estimate of drug-likeness (QED) is 0.484. The summed E-state index contributed by atoms with van der Waals surface area (Å²) < 4.78 is 5.62. The first-order valence-electron chi connectivity index (χ1n) is 6.42. The van der Waals surface area contributed by atoms with Gasteiger partial charge in [-0.05, 0) is 18.6 Å². The Labute approximate surface area is 121 Å². The zero-order chi connectivity index (χ0) is 14.4. The normalized spacial score (nSPS) is 10.3. The van der Waals surface area contributed by atoms with Crippen molar-refractivity contribution in [3.63, 3.8) is 0 Å². The number of amides is 1. The molecule has 0 aliphatic carbocycles. The third-order valence-corrected chi connectivity index (χ3v) is 3.90. The lowest BCUT2D eigenvalue weighted by Crippen LogP contribution is -2.30. The van der Waals surface area contributed by atoms with Gasteiger partial charge in [0.05, 0.1) is 17.3 Å². The molecular formula is C14H17N3O2S. The van der Waals surface area contributed by atoms with Crippen molar-refractivity contribution >= 4 is 17.2 Å². The number of hydrogen-bond acceptors (Lipinski definition) is 5. The molecule has 20 heavy (non-hydrogen) atoms. The number of hydrazine groups is 1. The van der Waals surface area contributed by atoms with Crippen molar-refractivity contribution in [3.05, 3.63) is 45.9 Å². The lowest BCUT2D eigenvalue weighted by molar-refractivity contribution is 0.0956. The molecule has 0 aliphatic heterocycles. The molecule has 0 radical (unpaired) electrons. The van der Waals surface area contributed by atoms with Crippen molar-refractivity contribution in [1.82, 2.24) is 10.4 Å². The van der Waals surface area contributed by atoms with E-state index in [1.807, 2.05) is 37.3 Å². The van der Waals surface area contributed by atoms with Gasteiger partial charge in [0.15, 0.2) is 0 Å². The molecule has 0 bridgehead atoms. The smallest absolute Gasteiger partial charge is 0.277 e. The minimum Gasteiger partial charge on any atom is -0.493 e. The number of hydrogen-bond donors (Lipinski definition) is 2. The highest BCUT2D eigenvalue weighted by atomic mass is 32.1. The predicted molar refractivity (Wildman–Crippen MR) is 78.8 cm³/mol. The third kappa shape index (κ3) is 3.55. The first-order chi connectivity index (χ1) is 9.74. The van der Waals surface area contributed by atoms with E-state index < -0.39 is 0 Å². The molecule has 0 fully saturated rings. The largest absolute Gasteiger partial charge is 0.493 e. The monoisotopic (exact) mass is 291 g/mol. The molecule has 0 unspecified atom stereocenters. The molecule has 6 heteroatoms. The van der Waals surface area contributed by atoms with E-state index in [1.54, 1.807) is 0 Å². The number of rotatable bonds is 6. The van der Waals surface area contributed by atoms with Crippen LogP contribution in [0.3, 0.4) is 0 Å². The fraction of sp³-hybridized carbons (Fsp3) is 0.286. The van der Waals surface area contributed by atoms with Gasteiger partial charge in [-0.2, -0.15) is 0 Å². The SMILES string of the molecule is CCc1nc(CCOc2ccccc2)sc1C(=O)NN. The van der Waals surface area contributed by atoms with Crippen LogP contribution < -0.4 is 16.0 Å². The van der Waals surface area contributed by atoms with E-state index in [-0.39, 0.29) is 5.91 Å². The van der Waals surface area contributed by atoms with Crippen molar-refractivity contribution < 1.29 is 9.53 Å². The van der Waals surface area contributed by atoms with E-state index in [0.717, 1.165) is 16.5 Å². The number of para-hydroxylation sites is 1. The van der Waals surface area contributed by atoms with Crippen LogP contribution in [-0.2, 0) is 12.8 Å². The molecule has 0 aliphatic rings. The van der Waals surface area contributed by atoms with Gasteiger partial charge >= 0.3 is 0 Å². The predicted octanol–water partition coefficient (Wildman–Crippen LogP) is 1.93. The number of carbonyl (C=O) groups excluding carboxylic acids is 1. The number of nitrogens with one attached hydrogen (secondary N) is 1. The van der Waals surface area contributed by atoms with Gasteiger partial charge in [0, 0.05) is 6.42 Å². The maximum Gasteiger partial charge on any atom is 0.277 e. The molecule has 0 spiro atoms. The number of thiazole rings is 1. The number of nitrogens with two attached hydrogens (primary N) is 1. The summed E-state index contributed by atoms with van der Waals surface area (Å²) in [5.41, 5.74) is 2.94. The first kappa shape index (κ1) is 14.5. The molecular weight excluding hydrogens is 274 g/mol. The van der Waals surface area contributed by atoms with Gasteiger partial charge in [-0.25, -0.2) is 10.8 Å².